The zero-order valence-electron chi connectivity index (χ0n) is 35.1. The normalized spacial score (nSPS) is 11.4. The summed E-state index contributed by atoms with van der Waals surface area (Å²) in [5.74, 6) is 0. The van der Waals surface area contributed by atoms with Gasteiger partial charge in [-0.15, -0.1) is 0 Å². The molecule has 300 valence electrons. The van der Waals surface area contributed by atoms with Crippen molar-refractivity contribution in [3.63, 3.8) is 0 Å². The molecule has 0 unspecified atom stereocenters. The molecule has 0 spiro atoms. The summed E-state index contributed by atoms with van der Waals surface area (Å²) < 4.78 is 2.44. The third kappa shape index (κ3) is 6.52. The Hall–Kier alpha value is -8.46. The Labute approximate surface area is 373 Å². The van der Waals surface area contributed by atoms with Crippen LogP contribution in [0.4, 0.5) is 17.1 Å². The van der Waals surface area contributed by atoms with Crippen molar-refractivity contribution in [2.45, 2.75) is 0 Å². The van der Waals surface area contributed by atoms with Crippen LogP contribution in [-0.2, 0) is 0 Å². The smallest absolute Gasteiger partial charge is 0.0619 e. The Morgan fingerprint density at radius 1 is 0.266 bits per heavy atom. The second-order valence-electron chi connectivity index (χ2n) is 16.5. The highest BCUT2D eigenvalue weighted by molar-refractivity contribution is 6.14. The fraction of sp³-hybridized carbons (Fsp3) is 0. The van der Waals surface area contributed by atoms with Gasteiger partial charge in [0.25, 0.3) is 0 Å². The van der Waals surface area contributed by atoms with Crippen molar-refractivity contribution in [3.8, 4) is 50.2 Å². The molecular weight excluding hydrogens is 773 g/mol. The summed E-state index contributed by atoms with van der Waals surface area (Å²) in [5, 5.41) is 7.51. The Kier molecular flexibility index (Phi) is 9.20. The average Bonchev–Trinajstić information content (AvgIpc) is 3.72. The molecule has 0 fully saturated rings. The maximum atomic E-state index is 2.44. The summed E-state index contributed by atoms with van der Waals surface area (Å²) in [6, 6.07) is 92.6. The first-order valence-corrected chi connectivity index (χ1v) is 22.0. The highest BCUT2D eigenvalue weighted by atomic mass is 15.1. The summed E-state index contributed by atoms with van der Waals surface area (Å²) in [7, 11) is 0. The van der Waals surface area contributed by atoms with Crippen LogP contribution < -0.4 is 4.90 Å². The lowest BCUT2D eigenvalue weighted by atomic mass is 9.97. The zero-order chi connectivity index (χ0) is 42.4. The van der Waals surface area contributed by atoms with E-state index in [0.717, 1.165) is 33.9 Å². The molecule has 0 bridgehead atoms. The van der Waals surface area contributed by atoms with Crippen LogP contribution in [-0.4, -0.2) is 4.57 Å². The first-order valence-electron chi connectivity index (χ1n) is 22.0. The van der Waals surface area contributed by atoms with E-state index in [1.807, 2.05) is 0 Å². The Bertz CT molecular complexity index is 3500. The fourth-order valence-electron chi connectivity index (χ4n) is 9.75. The minimum absolute atomic E-state index is 1.09. The molecule has 0 aliphatic heterocycles. The number of hydrogen-bond acceptors (Lipinski definition) is 1. The summed E-state index contributed by atoms with van der Waals surface area (Å²) in [6.45, 7) is 0. The van der Waals surface area contributed by atoms with Gasteiger partial charge >= 0.3 is 0 Å². The van der Waals surface area contributed by atoms with Crippen molar-refractivity contribution in [2.24, 2.45) is 0 Å². The van der Waals surface area contributed by atoms with E-state index in [2.05, 4.69) is 264 Å². The second-order valence-corrected chi connectivity index (χ2v) is 16.5. The van der Waals surface area contributed by atoms with Gasteiger partial charge in [-0.1, -0.05) is 200 Å². The van der Waals surface area contributed by atoms with Crippen molar-refractivity contribution in [2.75, 3.05) is 4.90 Å². The van der Waals surface area contributed by atoms with E-state index in [4.69, 9.17) is 0 Å². The number of nitrogens with zero attached hydrogens (tertiary/aromatic N) is 2. The van der Waals surface area contributed by atoms with Gasteiger partial charge in [-0.05, 0) is 115 Å². The summed E-state index contributed by atoms with van der Waals surface area (Å²) >= 11 is 0. The monoisotopic (exact) mass is 814 g/mol. The van der Waals surface area contributed by atoms with E-state index in [0.29, 0.717) is 0 Å². The lowest BCUT2D eigenvalue weighted by Gasteiger charge is -2.26. The van der Waals surface area contributed by atoms with E-state index < -0.39 is 0 Å². The molecule has 0 aliphatic carbocycles. The molecule has 0 N–H and O–H groups in total. The number of benzene rings is 11. The molecule has 0 atom stereocenters. The van der Waals surface area contributed by atoms with Crippen molar-refractivity contribution < 1.29 is 0 Å². The lowest BCUT2D eigenvalue weighted by Crippen LogP contribution is -2.09. The highest BCUT2D eigenvalue weighted by Crippen LogP contribution is 2.41. The van der Waals surface area contributed by atoms with Crippen LogP contribution in [0.3, 0.4) is 0 Å². The SMILES string of the molecule is c1ccc(-c2cccc3c4ccccc4n(-c4cccc(-c5ccc(N(c6ccc(-c7cccc8ccccc78)cc6)c6ccc(-c7cccc8ccccc78)cc6)cc5)c4)c23)cc1. The minimum atomic E-state index is 1.09. The molecule has 0 saturated carbocycles. The Morgan fingerprint density at radius 3 is 1.30 bits per heavy atom. The lowest BCUT2D eigenvalue weighted by molar-refractivity contribution is 1.18. The molecule has 1 heterocycles. The standard InChI is InChI=1S/C62H42N2/c1-2-14-46(15-3-1)58-27-13-28-60-59-24-8-9-29-61(59)64(62(58)60)53-21-10-20-49(42-53)43-30-36-50(37-31-43)63(51-38-32-47(33-39-51)56-25-11-18-44-16-4-6-22-54(44)56)52-40-34-48(35-41-52)57-26-12-19-45-17-5-7-23-55(45)57/h1-42H. The van der Waals surface area contributed by atoms with Gasteiger partial charge in [-0.2, -0.15) is 0 Å². The fourth-order valence-corrected chi connectivity index (χ4v) is 9.75. The molecule has 12 aromatic rings. The topological polar surface area (TPSA) is 8.17 Å². The van der Waals surface area contributed by atoms with Crippen molar-refractivity contribution in [1.29, 1.82) is 0 Å². The second kappa shape index (κ2) is 15.8. The molecule has 0 radical (unpaired) electrons. The third-order valence-corrected chi connectivity index (χ3v) is 12.8. The van der Waals surface area contributed by atoms with Gasteiger partial charge in [-0.3, -0.25) is 0 Å². The van der Waals surface area contributed by atoms with Crippen molar-refractivity contribution in [1.82, 2.24) is 4.57 Å². The number of aromatic nitrogens is 1. The summed E-state index contributed by atoms with van der Waals surface area (Å²) in [6.07, 6.45) is 0. The van der Waals surface area contributed by atoms with Gasteiger partial charge in [0.1, 0.15) is 0 Å². The molecule has 1 aromatic heterocycles. The van der Waals surface area contributed by atoms with Crippen molar-refractivity contribution >= 4 is 60.4 Å². The molecule has 0 amide bonds. The predicted molar refractivity (Wildman–Crippen MR) is 272 cm³/mol. The molecule has 12 rings (SSSR count). The molecule has 11 aromatic carbocycles. The number of para-hydroxylation sites is 2. The largest absolute Gasteiger partial charge is 0.311 e. The molecular formula is C62H42N2. The first kappa shape index (κ1) is 37.3. The van der Waals surface area contributed by atoms with E-state index in [-0.39, 0.29) is 0 Å². The maximum absolute atomic E-state index is 2.44. The van der Waals surface area contributed by atoms with Gasteiger partial charge in [0.05, 0.1) is 11.0 Å². The number of rotatable bonds is 8. The van der Waals surface area contributed by atoms with Crippen LogP contribution in [0.5, 0.6) is 0 Å². The van der Waals surface area contributed by atoms with Crippen LogP contribution in [0.15, 0.2) is 255 Å². The Morgan fingerprint density at radius 2 is 0.688 bits per heavy atom. The van der Waals surface area contributed by atoms with Crippen LogP contribution in [0.1, 0.15) is 0 Å². The van der Waals surface area contributed by atoms with E-state index in [1.165, 1.54) is 76.7 Å². The third-order valence-electron chi connectivity index (χ3n) is 12.8. The summed E-state index contributed by atoms with van der Waals surface area (Å²) in [4.78, 5) is 2.36. The highest BCUT2D eigenvalue weighted by Gasteiger charge is 2.18. The van der Waals surface area contributed by atoms with Crippen LogP contribution in [0, 0.1) is 0 Å². The first-order chi connectivity index (χ1) is 31.7. The van der Waals surface area contributed by atoms with E-state index in [1.54, 1.807) is 0 Å². The zero-order valence-corrected chi connectivity index (χ0v) is 35.1. The van der Waals surface area contributed by atoms with Gasteiger partial charge in [-0.25, -0.2) is 0 Å². The van der Waals surface area contributed by atoms with E-state index in [9.17, 15) is 0 Å². The molecule has 0 saturated heterocycles. The van der Waals surface area contributed by atoms with Crippen LogP contribution in [0.25, 0.3) is 93.5 Å². The van der Waals surface area contributed by atoms with Gasteiger partial charge < -0.3 is 9.47 Å². The van der Waals surface area contributed by atoms with E-state index >= 15 is 0 Å². The Balaban J connectivity index is 0.941. The molecule has 0 aliphatic rings. The predicted octanol–water partition coefficient (Wildman–Crippen LogP) is 17.2. The molecule has 64 heavy (non-hydrogen) atoms. The molecule has 2 nitrogen and oxygen atoms in total. The number of fused-ring (bicyclic) bond motifs is 5. The maximum Gasteiger partial charge on any atom is 0.0619 e. The molecule has 2 heteroatoms. The van der Waals surface area contributed by atoms with Gasteiger partial charge in [0.2, 0.25) is 0 Å². The van der Waals surface area contributed by atoms with Gasteiger partial charge in [0, 0.05) is 39.1 Å². The van der Waals surface area contributed by atoms with Gasteiger partial charge in [0.15, 0.2) is 0 Å². The van der Waals surface area contributed by atoms with Crippen LogP contribution in [0.2, 0.25) is 0 Å². The van der Waals surface area contributed by atoms with Crippen molar-refractivity contribution in [3.05, 3.63) is 255 Å². The minimum Gasteiger partial charge on any atom is -0.311 e. The quantitative estimate of drug-likeness (QED) is 0.148. The summed E-state index contributed by atoms with van der Waals surface area (Å²) in [5.41, 5.74) is 16.4. The number of anilines is 3. The average molecular weight is 815 g/mol. The number of hydrogen-bond donors (Lipinski definition) is 0. The van der Waals surface area contributed by atoms with Crippen LogP contribution >= 0.6 is 0 Å².